The predicted molar refractivity (Wildman–Crippen MR) is 99.8 cm³/mol. The minimum Gasteiger partial charge on any atom is -0.496 e. The topological polar surface area (TPSA) is 106 Å². The molecule has 0 bridgehead atoms. The van der Waals surface area contributed by atoms with E-state index in [9.17, 15) is 13.2 Å². The van der Waals surface area contributed by atoms with E-state index in [1.54, 1.807) is 14.0 Å². The number of ether oxygens (including phenoxy) is 1. The fourth-order valence-electron chi connectivity index (χ4n) is 2.88. The van der Waals surface area contributed by atoms with Crippen molar-refractivity contribution in [2.45, 2.75) is 18.2 Å². The number of benzene rings is 2. The largest absolute Gasteiger partial charge is 0.496 e. The minimum absolute atomic E-state index is 0.0517. The summed E-state index contributed by atoms with van der Waals surface area (Å²) in [4.78, 5) is 11.2. The van der Waals surface area contributed by atoms with Crippen LogP contribution in [0.1, 0.15) is 21.7 Å². The Morgan fingerprint density at radius 3 is 2.67 bits per heavy atom. The van der Waals surface area contributed by atoms with Gasteiger partial charge in [-0.25, -0.2) is 17.9 Å². The summed E-state index contributed by atoms with van der Waals surface area (Å²) in [6, 6.07) is 11.7. The molecule has 1 aromatic heterocycles. The summed E-state index contributed by atoms with van der Waals surface area (Å²) in [5.74, 6) is -0.681. The van der Waals surface area contributed by atoms with Crippen LogP contribution in [0.25, 0.3) is 11.0 Å². The molecule has 27 heavy (non-hydrogen) atoms. The van der Waals surface area contributed by atoms with Gasteiger partial charge in [0.05, 0.1) is 12.0 Å². The van der Waals surface area contributed by atoms with E-state index in [2.05, 4.69) is 4.72 Å². The van der Waals surface area contributed by atoms with Gasteiger partial charge in [-0.2, -0.15) is 0 Å². The lowest BCUT2D eigenvalue weighted by Gasteiger charge is -2.10. The molecule has 0 aliphatic rings. The van der Waals surface area contributed by atoms with Gasteiger partial charge >= 0.3 is 5.97 Å². The second-order valence-corrected chi connectivity index (χ2v) is 7.75. The maximum atomic E-state index is 12.6. The summed E-state index contributed by atoms with van der Waals surface area (Å²) in [7, 11) is -2.18. The molecule has 0 aliphatic carbocycles. The van der Waals surface area contributed by atoms with Crippen molar-refractivity contribution in [3.63, 3.8) is 0 Å². The Kier molecular flexibility index (Phi) is 5.20. The van der Waals surface area contributed by atoms with Crippen LogP contribution < -0.4 is 9.46 Å². The summed E-state index contributed by atoms with van der Waals surface area (Å²) in [6.07, 6.45) is 0.472. The van der Waals surface area contributed by atoms with E-state index in [1.165, 1.54) is 18.2 Å². The standard InChI is InChI=1S/C19H19NO6S/c1-12-15-11-14(7-8-17(15)26-18(12)19(21)22)27(23,24)20-10-9-13-5-3-4-6-16(13)25-2/h3-8,11,20H,9-10H2,1-2H3,(H,21,22). The Morgan fingerprint density at radius 2 is 1.96 bits per heavy atom. The van der Waals surface area contributed by atoms with Gasteiger partial charge in [-0.15, -0.1) is 0 Å². The molecule has 0 unspecified atom stereocenters. The van der Waals surface area contributed by atoms with Gasteiger partial charge in [0.1, 0.15) is 11.3 Å². The summed E-state index contributed by atoms with van der Waals surface area (Å²) in [5, 5.41) is 9.59. The van der Waals surface area contributed by atoms with Crippen molar-refractivity contribution in [3.8, 4) is 5.75 Å². The number of carboxylic acids is 1. The molecule has 0 amide bonds. The molecular formula is C19H19NO6S. The number of sulfonamides is 1. The SMILES string of the molecule is COc1ccccc1CCNS(=O)(=O)c1ccc2oc(C(=O)O)c(C)c2c1. The first kappa shape index (κ1) is 18.9. The molecule has 8 heteroatoms. The Labute approximate surface area is 156 Å². The smallest absolute Gasteiger partial charge is 0.372 e. The second-order valence-electron chi connectivity index (χ2n) is 5.98. The molecule has 0 spiro atoms. The molecule has 3 rings (SSSR count). The number of carbonyl (C=O) groups is 1. The highest BCUT2D eigenvalue weighted by Crippen LogP contribution is 2.27. The third-order valence-corrected chi connectivity index (χ3v) is 5.75. The molecule has 142 valence electrons. The average Bonchev–Trinajstić information content (AvgIpc) is 2.98. The zero-order valence-electron chi connectivity index (χ0n) is 14.9. The van der Waals surface area contributed by atoms with Crippen LogP contribution in [-0.2, 0) is 16.4 Å². The molecule has 0 radical (unpaired) electrons. The molecule has 7 nitrogen and oxygen atoms in total. The lowest BCUT2D eigenvalue weighted by Crippen LogP contribution is -2.26. The van der Waals surface area contributed by atoms with E-state index in [4.69, 9.17) is 14.3 Å². The van der Waals surface area contributed by atoms with Crippen molar-refractivity contribution in [2.24, 2.45) is 0 Å². The lowest BCUT2D eigenvalue weighted by atomic mass is 10.1. The molecule has 0 saturated heterocycles. The van der Waals surface area contributed by atoms with Crippen LogP contribution in [-0.4, -0.2) is 33.1 Å². The zero-order valence-corrected chi connectivity index (χ0v) is 15.7. The van der Waals surface area contributed by atoms with Gasteiger partial charge in [0.15, 0.2) is 0 Å². The molecule has 0 saturated carbocycles. The second kappa shape index (κ2) is 7.42. The number of hydrogen-bond acceptors (Lipinski definition) is 5. The molecule has 2 aromatic carbocycles. The van der Waals surface area contributed by atoms with Crippen LogP contribution in [0.5, 0.6) is 5.75 Å². The van der Waals surface area contributed by atoms with Crippen molar-refractivity contribution in [2.75, 3.05) is 13.7 Å². The quantitative estimate of drug-likeness (QED) is 0.643. The Morgan fingerprint density at radius 1 is 1.22 bits per heavy atom. The molecule has 1 heterocycles. The third-order valence-electron chi connectivity index (χ3n) is 4.29. The monoisotopic (exact) mass is 389 g/mol. The predicted octanol–water partition coefficient (Wildman–Crippen LogP) is 2.97. The summed E-state index contributed by atoms with van der Waals surface area (Å²) >= 11 is 0. The van der Waals surface area contributed by atoms with Gasteiger partial charge in [0.25, 0.3) is 0 Å². The molecule has 0 atom stereocenters. The van der Waals surface area contributed by atoms with E-state index in [1.807, 2.05) is 24.3 Å². The summed E-state index contributed by atoms with van der Waals surface area (Å²) in [6.45, 7) is 1.78. The summed E-state index contributed by atoms with van der Waals surface area (Å²) < 4.78 is 38.2. The van der Waals surface area contributed by atoms with Gasteiger partial charge in [0, 0.05) is 17.5 Å². The zero-order chi connectivity index (χ0) is 19.6. The van der Waals surface area contributed by atoms with Crippen LogP contribution in [0.15, 0.2) is 51.8 Å². The molecule has 0 fully saturated rings. The first-order valence-corrected chi connectivity index (χ1v) is 9.70. The first-order chi connectivity index (χ1) is 12.8. The highest BCUT2D eigenvalue weighted by Gasteiger charge is 2.20. The van der Waals surface area contributed by atoms with Crippen LogP contribution in [0.3, 0.4) is 0 Å². The van der Waals surface area contributed by atoms with E-state index < -0.39 is 16.0 Å². The number of carboxylic acid groups (broad SMARTS) is 1. The van der Waals surface area contributed by atoms with Gasteiger partial charge in [-0.1, -0.05) is 18.2 Å². The van der Waals surface area contributed by atoms with Gasteiger partial charge in [-0.3, -0.25) is 0 Å². The number of fused-ring (bicyclic) bond motifs is 1. The van der Waals surface area contributed by atoms with Crippen molar-refractivity contribution in [1.82, 2.24) is 4.72 Å². The summed E-state index contributed by atoms with van der Waals surface area (Å²) in [5.41, 5.74) is 1.62. The number of rotatable bonds is 7. The highest BCUT2D eigenvalue weighted by molar-refractivity contribution is 7.89. The van der Waals surface area contributed by atoms with E-state index in [0.717, 1.165) is 5.56 Å². The van der Waals surface area contributed by atoms with E-state index in [-0.39, 0.29) is 17.2 Å². The maximum absolute atomic E-state index is 12.6. The van der Waals surface area contributed by atoms with Crippen LogP contribution in [0.2, 0.25) is 0 Å². The van der Waals surface area contributed by atoms with Crippen LogP contribution in [0.4, 0.5) is 0 Å². The van der Waals surface area contributed by atoms with E-state index >= 15 is 0 Å². The van der Waals surface area contributed by atoms with Crippen molar-refractivity contribution in [3.05, 3.63) is 59.4 Å². The highest BCUT2D eigenvalue weighted by atomic mass is 32.2. The fourth-order valence-corrected chi connectivity index (χ4v) is 3.94. The van der Waals surface area contributed by atoms with Gasteiger partial charge in [0.2, 0.25) is 15.8 Å². The molecule has 2 N–H and O–H groups in total. The first-order valence-electron chi connectivity index (χ1n) is 8.21. The molecule has 0 aliphatic heterocycles. The van der Waals surface area contributed by atoms with Crippen molar-refractivity contribution < 1.29 is 27.5 Å². The normalized spacial score (nSPS) is 11.6. The molecular weight excluding hydrogens is 370 g/mol. The number of hydrogen-bond donors (Lipinski definition) is 2. The number of methoxy groups -OCH3 is 1. The number of nitrogens with one attached hydrogen (secondary N) is 1. The van der Waals surface area contributed by atoms with Crippen molar-refractivity contribution >= 4 is 27.0 Å². The molecule has 3 aromatic rings. The Hall–Kier alpha value is -2.84. The number of aryl methyl sites for hydroxylation is 1. The van der Waals surface area contributed by atoms with Crippen molar-refractivity contribution in [1.29, 1.82) is 0 Å². The fraction of sp³-hybridized carbons (Fsp3) is 0.211. The Bertz CT molecular complexity index is 1100. The van der Waals surface area contributed by atoms with Crippen LogP contribution >= 0.6 is 0 Å². The average molecular weight is 389 g/mol. The maximum Gasteiger partial charge on any atom is 0.372 e. The third kappa shape index (κ3) is 3.81. The number of para-hydroxylation sites is 1. The van der Waals surface area contributed by atoms with Crippen LogP contribution in [0, 0.1) is 6.92 Å². The minimum atomic E-state index is -3.75. The Balaban J connectivity index is 1.80. The number of furan rings is 1. The van der Waals surface area contributed by atoms with Gasteiger partial charge < -0.3 is 14.3 Å². The lowest BCUT2D eigenvalue weighted by molar-refractivity contribution is 0.0664. The number of aromatic carboxylic acids is 1. The van der Waals surface area contributed by atoms with E-state index in [0.29, 0.717) is 28.7 Å². The van der Waals surface area contributed by atoms with Gasteiger partial charge in [-0.05, 0) is 43.2 Å².